The summed E-state index contributed by atoms with van der Waals surface area (Å²) >= 11 is 0. The quantitative estimate of drug-likeness (QED) is 0.721. The van der Waals surface area contributed by atoms with Gasteiger partial charge in [-0.05, 0) is 43.2 Å². The molecule has 4 rings (SSSR count). The number of ether oxygens (including phenoxy) is 1. The lowest BCUT2D eigenvalue weighted by Gasteiger charge is -2.24. The zero-order valence-corrected chi connectivity index (χ0v) is 15.6. The lowest BCUT2D eigenvalue weighted by molar-refractivity contribution is -0.119. The van der Waals surface area contributed by atoms with E-state index in [-0.39, 0.29) is 11.8 Å². The topological polar surface area (TPSA) is 97.3 Å². The Kier molecular flexibility index (Phi) is 5.42. The van der Waals surface area contributed by atoms with Gasteiger partial charge < -0.3 is 15.0 Å². The maximum atomic E-state index is 13.0. The molecule has 2 amide bonds. The van der Waals surface area contributed by atoms with Gasteiger partial charge in [0, 0.05) is 12.7 Å². The van der Waals surface area contributed by atoms with E-state index >= 15 is 0 Å². The third-order valence-electron chi connectivity index (χ3n) is 4.65. The van der Waals surface area contributed by atoms with Crippen LogP contribution >= 0.6 is 0 Å². The second-order valence-corrected chi connectivity index (χ2v) is 6.56. The molecule has 1 saturated heterocycles. The van der Waals surface area contributed by atoms with Crippen LogP contribution < -0.4 is 10.1 Å². The molecule has 1 aliphatic heterocycles. The molecule has 8 nitrogen and oxygen atoms in total. The predicted molar refractivity (Wildman–Crippen MR) is 105 cm³/mol. The van der Waals surface area contributed by atoms with Gasteiger partial charge in [0.2, 0.25) is 5.91 Å². The Balaban J connectivity index is 1.50. The van der Waals surface area contributed by atoms with E-state index in [1.54, 1.807) is 47.6 Å². The van der Waals surface area contributed by atoms with Gasteiger partial charge in [0.15, 0.2) is 5.75 Å². The van der Waals surface area contributed by atoms with Crippen LogP contribution in [0.2, 0.25) is 0 Å². The molecule has 146 valence electrons. The number of amides is 2. The largest absolute Gasteiger partial charge is 0.454 e. The van der Waals surface area contributed by atoms with E-state index in [1.165, 1.54) is 12.4 Å². The minimum absolute atomic E-state index is 0.225. The summed E-state index contributed by atoms with van der Waals surface area (Å²) in [5, 5.41) is 10.3. The third-order valence-corrected chi connectivity index (χ3v) is 4.65. The van der Waals surface area contributed by atoms with Gasteiger partial charge in [0.05, 0.1) is 29.8 Å². The minimum atomic E-state index is -0.554. The van der Waals surface area contributed by atoms with Crippen LogP contribution in [0.1, 0.15) is 23.2 Å². The average Bonchev–Trinajstić information content (AvgIpc) is 3.26. The van der Waals surface area contributed by atoms with Crippen molar-refractivity contribution in [2.24, 2.45) is 0 Å². The monoisotopic (exact) mass is 389 g/mol. The van der Waals surface area contributed by atoms with E-state index in [2.05, 4.69) is 20.5 Å². The molecule has 3 heterocycles. The van der Waals surface area contributed by atoms with Crippen LogP contribution in [0, 0.1) is 0 Å². The first-order chi connectivity index (χ1) is 14.2. The molecule has 1 aliphatic rings. The highest BCUT2D eigenvalue weighted by atomic mass is 16.5. The molecule has 0 saturated carbocycles. The first kappa shape index (κ1) is 18.5. The molecule has 1 atom stereocenters. The zero-order chi connectivity index (χ0) is 20.1. The van der Waals surface area contributed by atoms with Gasteiger partial charge in [-0.15, -0.1) is 0 Å². The van der Waals surface area contributed by atoms with Crippen molar-refractivity contribution in [1.29, 1.82) is 0 Å². The number of hydrogen-bond acceptors (Lipinski definition) is 6. The second-order valence-electron chi connectivity index (χ2n) is 6.56. The first-order valence-corrected chi connectivity index (χ1v) is 9.28. The van der Waals surface area contributed by atoms with Crippen molar-refractivity contribution in [2.75, 3.05) is 11.9 Å². The lowest BCUT2D eigenvalue weighted by atomic mass is 10.1. The number of carbonyl (C=O) groups is 2. The summed E-state index contributed by atoms with van der Waals surface area (Å²) in [5.74, 6) is 0.595. The summed E-state index contributed by atoms with van der Waals surface area (Å²) in [5.41, 5.74) is 0.950. The summed E-state index contributed by atoms with van der Waals surface area (Å²) in [6, 6.07) is 11.8. The molecule has 1 N–H and O–H groups in total. The highest BCUT2D eigenvalue weighted by Crippen LogP contribution is 2.30. The van der Waals surface area contributed by atoms with Crippen LogP contribution in [0.3, 0.4) is 0 Å². The summed E-state index contributed by atoms with van der Waals surface area (Å²) in [4.78, 5) is 31.3. The molecule has 1 aromatic carbocycles. The maximum absolute atomic E-state index is 13.0. The number of hydrogen-bond donors (Lipinski definition) is 1. The number of anilines is 1. The number of benzene rings is 1. The number of carbonyl (C=O) groups excluding carboxylic acids is 2. The third kappa shape index (κ3) is 4.21. The number of likely N-dealkylation sites (tertiary alicyclic amines) is 1. The van der Waals surface area contributed by atoms with Crippen molar-refractivity contribution < 1.29 is 14.3 Å². The van der Waals surface area contributed by atoms with Gasteiger partial charge in [-0.2, -0.15) is 10.2 Å². The molecule has 1 fully saturated rings. The summed E-state index contributed by atoms with van der Waals surface area (Å²) in [7, 11) is 0. The highest BCUT2D eigenvalue weighted by molar-refractivity contribution is 6.02. The number of aromatic nitrogens is 3. The van der Waals surface area contributed by atoms with Crippen LogP contribution in [0.15, 0.2) is 67.3 Å². The number of pyridine rings is 1. The Morgan fingerprint density at radius 3 is 2.72 bits per heavy atom. The molecule has 0 aliphatic carbocycles. The van der Waals surface area contributed by atoms with E-state index in [1.807, 2.05) is 12.1 Å². The van der Waals surface area contributed by atoms with Crippen molar-refractivity contribution in [3.05, 3.63) is 72.8 Å². The fourth-order valence-electron chi connectivity index (χ4n) is 3.27. The van der Waals surface area contributed by atoms with Gasteiger partial charge in [-0.1, -0.05) is 12.1 Å². The molecule has 29 heavy (non-hydrogen) atoms. The lowest BCUT2D eigenvalue weighted by Crippen LogP contribution is -2.43. The van der Waals surface area contributed by atoms with E-state index in [9.17, 15) is 9.59 Å². The maximum Gasteiger partial charge on any atom is 0.256 e. The van der Waals surface area contributed by atoms with E-state index in [4.69, 9.17) is 4.74 Å². The van der Waals surface area contributed by atoms with Crippen molar-refractivity contribution in [2.45, 2.75) is 18.9 Å². The van der Waals surface area contributed by atoms with E-state index < -0.39 is 6.04 Å². The molecule has 3 aromatic rings. The summed E-state index contributed by atoms with van der Waals surface area (Å²) < 4.78 is 5.84. The molecule has 1 unspecified atom stereocenters. The Morgan fingerprint density at radius 2 is 1.93 bits per heavy atom. The fourth-order valence-corrected chi connectivity index (χ4v) is 3.27. The number of nitrogens with zero attached hydrogens (tertiary/aromatic N) is 4. The molecule has 0 bridgehead atoms. The van der Waals surface area contributed by atoms with Crippen molar-refractivity contribution in [1.82, 2.24) is 20.1 Å². The molecule has 0 radical (unpaired) electrons. The smallest absolute Gasteiger partial charge is 0.256 e. The highest BCUT2D eigenvalue weighted by Gasteiger charge is 2.35. The predicted octanol–water partition coefficient (Wildman–Crippen LogP) is 2.91. The van der Waals surface area contributed by atoms with Crippen molar-refractivity contribution in [3.63, 3.8) is 0 Å². The van der Waals surface area contributed by atoms with Gasteiger partial charge in [0.1, 0.15) is 11.8 Å². The van der Waals surface area contributed by atoms with Crippen molar-refractivity contribution >= 4 is 17.5 Å². The van der Waals surface area contributed by atoms with Crippen LogP contribution in [0.4, 0.5) is 5.69 Å². The van der Waals surface area contributed by atoms with Gasteiger partial charge >= 0.3 is 0 Å². The Hall–Kier alpha value is -3.81. The Labute approximate surface area is 167 Å². The summed E-state index contributed by atoms with van der Waals surface area (Å²) in [6.45, 7) is 0.521. The van der Waals surface area contributed by atoms with Crippen LogP contribution in [0.5, 0.6) is 11.5 Å². The second kappa shape index (κ2) is 8.47. The standard InChI is InChI=1S/C21H19N5O3/c27-20(18-7-4-12-26(18)21(28)15-9-11-23-24-13-15)25-17-6-1-2-8-19(17)29-16-5-3-10-22-14-16/h1-3,5-6,8-11,13-14,18H,4,7,12H2,(H,25,27). The van der Waals surface area contributed by atoms with Crippen LogP contribution in [0.25, 0.3) is 0 Å². The van der Waals surface area contributed by atoms with Gasteiger partial charge in [-0.25, -0.2) is 0 Å². The van der Waals surface area contributed by atoms with Gasteiger partial charge in [0.25, 0.3) is 5.91 Å². The normalized spacial score (nSPS) is 15.7. The number of para-hydroxylation sites is 2. The Bertz CT molecular complexity index is 997. The minimum Gasteiger partial charge on any atom is -0.454 e. The van der Waals surface area contributed by atoms with Crippen molar-refractivity contribution in [3.8, 4) is 11.5 Å². The zero-order valence-electron chi connectivity index (χ0n) is 15.6. The van der Waals surface area contributed by atoms with Gasteiger partial charge in [-0.3, -0.25) is 14.6 Å². The molecular formula is C21H19N5O3. The van der Waals surface area contributed by atoms with Crippen LogP contribution in [-0.2, 0) is 4.79 Å². The number of rotatable bonds is 5. The molecule has 8 heteroatoms. The van der Waals surface area contributed by atoms with E-state index in [0.717, 1.165) is 6.42 Å². The SMILES string of the molecule is O=C(Nc1ccccc1Oc1cccnc1)C1CCCN1C(=O)c1ccnnc1. The van der Waals surface area contributed by atoms with E-state index in [0.29, 0.717) is 35.7 Å². The Morgan fingerprint density at radius 1 is 1.03 bits per heavy atom. The number of nitrogens with one attached hydrogen (secondary N) is 1. The first-order valence-electron chi connectivity index (χ1n) is 9.28. The molecular weight excluding hydrogens is 370 g/mol. The average molecular weight is 389 g/mol. The summed E-state index contributed by atoms with van der Waals surface area (Å²) in [6.07, 6.45) is 7.48. The fraction of sp³-hybridized carbons (Fsp3) is 0.190. The molecule has 0 spiro atoms. The molecule has 2 aromatic heterocycles. The van der Waals surface area contributed by atoms with Crippen LogP contribution in [-0.4, -0.2) is 44.5 Å².